The Hall–Kier alpha value is -1.96. The Bertz CT molecular complexity index is 563. The van der Waals surface area contributed by atoms with Crippen molar-refractivity contribution in [3.05, 3.63) is 34.1 Å². The number of aliphatic carboxylic acids is 1. The van der Waals surface area contributed by atoms with E-state index in [0.29, 0.717) is 0 Å². The van der Waals surface area contributed by atoms with Crippen LogP contribution in [0, 0.1) is 5.82 Å². The van der Waals surface area contributed by atoms with Crippen molar-refractivity contribution in [2.24, 2.45) is 0 Å². The van der Waals surface area contributed by atoms with E-state index >= 15 is 0 Å². The standard InChI is InChI=1S/C13H13BrFNO5/c1-21-10(17)6-5-9(13(19)20)16-12(18)7-3-2-4-8(14)11(7)15/h2-4,9H,5-6H2,1H3,(H,16,18)(H,19,20)/t9-/m1/s1. The number of hydrogen-bond donors (Lipinski definition) is 2. The van der Waals surface area contributed by atoms with Gasteiger partial charge in [-0.05, 0) is 34.5 Å². The number of benzene rings is 1. The summed E-state index contributed by atoms with van der Waals surface area (Å²) >= 11 is 2.94. The lowest BCUT2D eigenvalue weighted by molar-refractivity contribution is -0.142. The van der Waals surface area contributed by atoms with Gasteiger partial charge in [-0.1, -0.05) is 6.07 Å². The van der Waals surface area contributed by atoms with Crippen LogP contribution < -0.4 is 5.32 Å². The quantitative estimate of drug-likeness (QED) is 0.752. The minimum Gasteiger partial charge on any atom is -0.480 e. The van der Waals surface area contributed by atoms with Crippen LogP contribution in [-0.2, 0) is 14.3 Å². The highest BCUT2D eigenvalue weighted by molar-refractivity contribution is 9.10. The molecular formula is C13H13BrFNO5. The van der Waals surface area contributed by atoms with E-state index in [4.69, 9.17) is 5.11 Å². The van der Waals surface area contributed by atoms with Crippen molar-refractivity contribution in [2.75, 3.05) is 7.11 Å². The minimum atomic E-state index is -1.32. The second-order valence-corrected chi connectivity index (χ2v) is 4.93. The number of carboxylic acids is 1. The van der Waals surface area contributed by atoms with Crippen LogP contribution in [0.1, 0.15) is 23.2 Å². The molecule has 1 amide bonds. The number of carbonyl (C=O) groups is 3. The Labute approximate surface area is 128 Å². The number of amides is 1. The Balaban J connectivity index is 2.79. The number of ether oxygens (including phenoxy) is 1. The Morgan fingerprint density at radius 2 is 2.10 bits per heavy atom. The van der Waals surface area contributed by atoms with Gasteiger partial charge in [-0.2, -0.15) is 0 Å². The van der Waals surface area contributed by atoms with Gasteiger partial charge in [-0.25, -0.2) is 9.18 Å². The summed E-state index contributed by atoms with van der Waals surface area (Å²) in [4.78, 5) is 33.9. The summed E-state index contributed by atoms with van der Waals surface area (Å²) in [5, 5.41) is 11.2. The van der Waals surface area contributed by atoms with Crippen molar-refractivity contribution in [2.45, 2.75) is 18.9 Å². The van der Waals surface area contributed by atoms with Gasteiger partial charge >= 0.3 is 11.9 Å². The molecule has 1 rings (SSSR count). The lowest BCUT2D eigenvalue weighted by Gasteiger charge is -2.14. The fourth-order valence-corrected chi connectivity index (χ4v) is 1.90. The topological polar surface area (TPSA) is 92.7 Å². The molecular weight excluding hydrogens is 349 g/mol. The lowest BCUT2D eigenvalue weighted by Crippen LogP contribution is -2.41. The zero-order valence-electron chi connectivity index (χ0n) is 11.1. The highest BCUT2D eigenvalue weighted by Crippen LogP contribution is 2.18. The molecule has 0 bridgehead atoms. The predicted molar refractivity (Wildman–Crippen MR) is 74.2 cm³/mol. The number of methoxy groups -OCH3 is 1. The van der Waals surface area contributed by atoms with Crippen molar-refractivity contribution in [3.63, 3.8) is 0 Å². The third-order valence-corrected chi connectivity index (χ3v) is 3.28. The molecule has 1 aromatic carbocycles. The second kappa shape index (κ2) is 7.72. The Morgan fingerprint density at radius 1 is 1.43 bits per heavy atom. The first-order valence-electron chi connectivity index (χ1n) is 5.91. The number of carbonyl (C=O) groups excluding carboxylic acids is 2. The van der Waals surface area contributed by atoms with Gasteiger partial charge in [0.1, 0.15) is 11.9 Å². The third kappa shape index (κ3) is 4.82. The number of rotatable bonds is 6. The summed E-state index contributed by atoms with van der Waals surface area (Å²) in [5.41, 5.74) is -0.284. The smallest absolute Gasteiger partial charge is 0.326 e. The van der Waals surface area contributed by atoms with Gasteiger partial charge in [-0.15, -0.1) is 0 Å². The molecule has 0 radical (unpaired) electrons. The van der Waals surface area contributed by atoms with Crippen LogP contribution in [0.25, 0.3) is 0 Å². The van der Waals surface area contributed by atoms with Gasteiger partial charge in [-0.3, -0.25) is 9.59 Å². The maximum Gasteiger partial charge on any atom is 0.326 e. The predicted octanol–water partition coefficient (Wildman–Crippen LogP) is 1.72. The molecule has 1 aromatic rings. The maximum atomic E-state index is 13.7. The molecule has 0 saturated heterocycles. The van der Waals surface area contributed by atoms with Crippen molar-refractivity contribution in [1.82, 2.24) is 5.32 Å². The molecule has 0 aliphatic heterocycles. The van der Waals surface area contributed by atoms with E-state index in [0.717, 1.165) is 0 Å². The summed E-state index contributed by atoms with van der Waals surface area (Å²) in [6.07, 6.45) is -0.321. The largest absolute Gasteiger partial charge is 0.480 e. The van der Waals surface area contributed by atoms with Gasteiger partial charge in [0.05, 0.1) is 17.1 Å². The molecule has 0 aliphatic carbocycles. The molecule has 0 aromatic heterocycles. The third-order valence-electron chi connectivity index (χ3n) is 2.66. The van der Waals surface area contributed by atoms with E-state index in [9.17, 15) is 18.8 Å². The van der Waals surface area contributed by atoms with Crippen molar-refractivity contribution in [3.8, 4) is 0 Å². The molecule has 2 N–H and O–H groups in total. The number of hydrogen-bond acceptors (Lipinski definition) is 4. The first-order chi connectivity index (χ1) is 9.86. The van der Waals surface area contributed by atoms with Crippen molar-refractivity contribution >= 4 is 33.8 Å². The fraction of sp³-hybridized carbons (Fsp3) is 0.308. The molecule has 21 heavy (non-hydrogen) atoms. The molecule has 0 saturated carbocycles. The SMILES string of the molecule is COC(=O)CC[C@@H](NC(=O)c1cccc(Br)c1F)C(=O)O. The molecule has 8 heteroatoms. The highest BCUT2D eigenvalue weighted by Gasteiger charge is 2.23. The molecule has 0 spiro atoms. The summed E-state index contributed by atoms with van der Waals surface area (Å²) in [5.74, 6) is -3.56. The van der Waals surface area contributed by atoms with Gasteiger partial charge in [0.25, 0.3) is 5.91 Å². The van der Waals surface area contributed by atoms with Crippen LogP contribution in [0.3, 0.4) is 0 Å². The first-order valence-corrected chi connectivity index (χ1v) is 6.70. The zero-order valence-corrected chi connectivity index (χ0v) is 12.6. The molecule has 0 heterocycles. The summed E-state index contributed by atoms with van der Waals surface area (Å²) in [6, 6.07) is 2.79. The van der Waals surface area contributed by atoms with E-state index in [1.54, 1.807) is 0 Å². The number of esters is 1. The molecule has 1 atom stereocenters. The molecule has 0 unspecified atom stereocenters. The van der Waals surface area contributed by atoms with Crippen molar-refractivity contribution < 1.29 is 28.6 Å². The maximum absolute atomic E-state index is 13.7. The molecule has 114 valence electrons. The Kier molecular flexibility index (Phi) is 6.29. The molecule has 0 aliphatic rings. The van der Waals surface area contributed by atoms with Crippen LogP contribution in [0.4, 0.5) is 4.39 Å². The average Bonchev–Trinajstić information content (AvgIpc) is 2.45. The van der Waals surface area contributed by atoms with E-state index in [1.807, 2.05) is 0 Å². The van der Waals surface area contributed by atoms with Crippen LogP contribution in [0.15, 0.2) is 22.7 Å². The van der Waals surface area contributed by atoms with Crippen LogP contribution >= 0.6 is 15.9 Å². The van der Waals surface area contributed by atoms with E-state index in [1.165, 1.54) is 25.3 Å². The van der Waals surface area contributed by atoms with E-state index < -0.39 is 29.7 Å². The lowest BCUT2D eigenvalue weighted by atomic mass is 10.1. The van der Waals surface area contributed by atoms with E-state index in [-0.39, 0.29) is 22.9 Å². The number of carboxylic acid groups (broad SMARTS) is 1. The molecule has 0 fully saturated rings. The first kappa shape index (κ1) is 17.1. The minimum absolute atomic E-state index is 0.0941. The summed E-state index contributed by atoms with van der Waals surface area (Å²) < 4.78 is 18.2. The van der Waals surface area contributed by atoms with Gasteiger partial charge in [0.2, 0.25) is 0 Å². The average molecular weight is 362 g/mol. The van der Waals surface area contributed by atoms with E-state index in [2.05, 4.69) is 26.0 Å². The molecule has 6 nitrogen and oxygen atoms in total. The van der Waals surface area contributed by atoms with Crippen LogP contribution in [-0.4, -0.2) is 36.1 Å². The van der Waals surface area contributed by atoms with Crippen molar-refractivity contribution in [1.29, 1.82) is 0 Å². The summed E-state index contributed by atoms with van der Waals surface area (Å²) in [6.45, 7) is 0. The monoisotopic (exact) mass is 361 g/mol. The van der Waals surface area contributed by atoms with Gasteiger partial charge < -0.3 is 15.2 Å². The Morgan fingerprint density at radius 3 is 2.67 bits per heavy atom. The normalized spacial score (nSPS) is 11.6. The second-order valence-electron chi connectivity index (χ2n) is 4.08. The highest BCUT2D eigenvalue weighted by atomic mass is 79.9. The fourth-order valence-electron chi connectivity index (χ4n) is 1.54. The number of nitrogens with one attached hydrogen (secondary N) is 1. The van der Waals surface area contributed by atoms with Crippen LogP contribution in [0.2, 0.25) is 0 Å². The zero-order chi connectivity index (χ0) is 16.0. The summed E-state index contributed by atoms with van der Waals surface area (Å²) in [7, 11) is 1.17. The van der Waals surface area contributed by atoms with Crippen LogP contribution in [0.5, 0.6) is 0 Å². The van der Waals surface area contributed by atoms with Gasteiger partial charge in [0.15, 0.2) is 0 Å². The van der Waals surface area contributed by atoms with Gasteiger partial charge in [0, 0.05) is 6.42 Å². The number of halogens is 2.